The maximum atomic E-state index is 12.9. The molecule has 0 bridgehead atoms. The van der Waals surface area contributed by atoms with Gasteiger partial charge in [-0.3, -0.25) is 14.4 Å². The normalized spacial score (nSPS) is 12.2. The number of ether oxygens (including phenoxy) is 3. The van der Waals surface area contributed by atoms with Gasteiger partial charge < -0.3 is 14.2 Å². The second-order valence-corrected chi connectivity index (χ2v) is 25.6. The van der Waals surface area contributed by atoms with E-state index < -0.39 is 6.10 Å². The molecule has 0 amide bonds. The third kappa shape index (κ3) is 70.3. The van der Waals surface area contributed by atoms with Gasteiger partial charge in [0.25, 0.3) is 0 Å². The molecule has 0 aromatic heterocycles. The highest BCUT2D eigenvalue weighted by molar-refractivity contribution is 5.71. The molecular formula is C77H144O6. The van der Waals surface area contributed by atoms with E-state index in [-0.39, 0.29) is 31.1 Å². The first kappa shape index (κ1) is 80.6. The molecule has 6 heteroatoms. The number of hydrogen-bond acceptors (Lipinski definition) is 6. The molecule has 488 valence electrons. The highest BCUT2D eigenvalue weighted by Crippen LogP contribution is 2.19. The van der Waals surface area contributed by atoms with E-state index in [9.17, 15) is 14.4 Å². The van der Waals surface area contributed by atoms with Crippen LogP contribution in [0.4, 0.5) is 0 Å². The van der Waals surface area contributed by atoms with E-state index in [0.29, 0.717) is 19.3 Å². The van der Waals surface area contributed by atoms with Crippen LogP contribution in [0.1, 0.15) is 419 Å². The van der Waals surface area contributed by atoms with Gasteiger partial charge in [-0.15, -0.1) is 0 Å². The molecule has 0 aliphatic rings. The molecule has 0 rings (SSSR count). The SMILES string of the molecule is CCCCCCC/C=C\C/C=C\C/C=C\CCCCCCCCCCCCCCC(=O)OC(COC(=O)CCCCCCCCCC)COC(=O)CCCCCCCCCCCCCCCCCCCCCCCCCCCCCCCC. The van der Waals surface area contributed by atoms with Crippen molar-refractivity contribution >= 4 is 17.9 Å². The number of esters is 3. The zero-order valence-corrected chi connectivity index (χ0v) is 56.2. The van der Waals surface area contributed by atoms with Crippen LogP contribution in [0.2, 0.25) is 0 Å². The summed E-state index contributed by atoms with van der Waals surface area (Å²) in [5.41, 5.74) is 0. The Hall–Kier alpha value is -2.37. The minimum Gasteiger partial charge on any atom is -0.462 e. The predicted octanol–water partition coefficient (Wildman–Crippen LogP) is 25.9. The van der Waals surface area contributed by atoms with Gasteiger partial charge in [-0.05, 0) is 57.8 Å². The van der Waals surface area contributed by atoms with Gasteiger partial charge in [-0.2, -0.15) is 0 Å². The molecule has 0 aromatic rings. The molecular weight excluding hydrogens is 1020 g/mol. The Morgan fingerprint density at radius 3 is 0.675 bits per heavy atom. The zero-order valence-electron chi connectivity index (χ0n) is 56.2. The zero-order chi connectivity index (χ0) is 59.9. The molecule has 0 saturated carbocycles. The summed E-state index contributed by atoms with van der Waals surface area (Å²) in [5, 5.41) is 0. The summed E-state index contributed by atoms with van der Waals surface area (Å²) in [5.74, 6) is -0.845. The third-order valence-electron chi connectivity index (χ3n) is 17.1. The van der Waals surface area contributed by atoms with E-state index >= 15 is 0 Å². The van der Waals surface area contributed by atoms with Crippen LogP contribution in [-0.4, -0.2) is 37.2 Å². The summed E-state index contributed by atoms with van der Waals surface area (Å²) in [6, 6.07) is 0. The Morgan fingerprint density at radius 1 is 0.241 bits per heavy atom. The van der Waals surface area contributed by atoms with Crippen LogP contribution >= 0.6 is 0 Å². The van der Waals surface area contributed by atoms with Gasteiger partial charge in [0, 0.05) is 19.3 Å². The van der Waals surface area contributed by atoms with Crippen molar-refractivity contribution in [1.82, 2.24) is 0 Å². The Morgan fingerprint density at radius 2 is 0.434 bits per heavy atom. The molecule has 0 spiro atoms. The smallest absolute Gasteiger partial charge is 0.306 e. The predicted molar refractivity (Wildman–Crippen MR) is 362 cm³/mol. The molecule has 0 aromatic carbocycles. The Kier molecular flexibility index (Phi) is 70.0. The van der Waals surface area contributed by atoms with Crippen LogP contribution < -0.4 is 0 Å². The molecule has 0 N–H and O–H groups in total. The molecule has 1 unspecified atom stereocenters. The minimum absolute atomic E-state index is 0.0669. The van der Waals surface area contributed by atoms with Gasteiger partial charge >= 0.3 is 17.9 Å². The molecule has 0 saturated heterocycles. The third-order valence-corrected chi connectivity index (χ3v) is 17.1. The van der Waals surface area contributed by atoms with E-state index in [1.807, 2.05) is 0 Å². The molecule has 0 aliphatic carbocycles. The first-order valence-corrected chi connectivity index (χ1v) is 37.5. The van der Waals surface area contributed by atoms with Crippen LogP contribution in [0.15, 0.2) is 36.5 Å². The van der Waals surface area contributed by atoms with Crippen molar-refractivity contribution in [2.24, 2.45) is 0 Å². The van der Waals surface area contributed by atoms with E-state index in [2.05, 4.69) is 57.2 Å². The summed E-state index contributed by atoms with van der Waals surface area (Å²) >= 11 is 0. The quantitative estimate of drug-likeness (QED) is 0.0261. The Balaban J connectivity index is 4.03. The van der Waals surface area contributed by atoms with Crippen molar-refractivity contribution in [3.05, 3.63) is 36.5 Å². The van der Waals surface area contributed by atoms with Gasteiger partial charge in [-0.1, -0.05) is 378 Å². The highest BCUT2D eigenvalue weighted by Gasteiger charge is 2.20. The second kappa shape index (κ2) is 72.1. The first-order valence-electron chi connectivity index (χ1n) is 37.5. The van der Waals surface area contributed by atoms with E-state index in [1.54, 1.807) is 0 Å². The largest absolute Gasteiger partial charge is 0.462 e. The van der Waals surface area contributed by atoms with Crippen molar-refractivity contribution in [2.75, 3.05) is 13.2 Å². The molecule has 1 atom stereocenters. The number of unbranched alkanes of at least 4 members (excludes halogenated alkanes) is 53. The van der Waals surface area contributed by atoms with Gasteiger partial charge in [0.05, 0.1) is 0 Å². The lowest BCUT2D eigenvalue weighted by atomic mass is 10.0. The summed E-state index contributed by atoms with van der Waals surface area (Å²) in [4.78, 5) is 38.3. The second-order valence-electron chi connectivity index (χ2n) is 25.6. The fourth-order valence-electron chi connectivity index (χ4n) is 11.5. The lowest BCUT2D eigenvalue weighted by Crippen LogP contribution is -2.30. The summed E-state index contributed by atoms with van der Waals surface area (Å²) in [6.07, 6.45) is 90.8. The highest BCUT2D eigenvalue weighted by atomic mass is 16.6. The van der Waals surface area contributed by atoms with Gasteiger partial charge in [0.15, 0.2) is 6.10 Å². The summed E-state index contributed by atoms with van der Waals surface area (Å²) < 4.78 is 16.9. The summed E-state index contributed by atoms with van der Waals surface area (Å²) in [7, 11) is 0. The number of carbonyl (C=O) groups is 3. The molecule has 0 fully saturated rings. The van der Waals surface area contributed by atoms with Crippen LogP contribution in [-0.2, 0) is 28.6 Å². The first-order chi connectivity index (χ1) is 41.0. The van der Waals surface area contributed by atoms with E-state index in [0.717, 1.165) is 70.6 Å². The van der Waals surface area contributed by atoms with Gasteiger partial charge in [0.1, 0.15) is 13.2 Å². The maximum absolute atomic E-state index is 12.9. The lowest BCUT2D eigenvalue weighted by molar-refractivity contribution is -0.167. The van der Waals surface area contributed by atoms with E-state index in [1.165, 1.54) is 308 Å². The average Bonchev–Trinajstić information content (AvgIpc) is 3.49. The fourth-order valence-corrected chi connectivity index (χ4v) is 11.5. The van der Waals surface area contributed by atoms with Crippen LogP contribution in [0.25, 0.3) is 0 Å². The van der Waals surface area contributed by atoms with Crippen molar-refractivity contribution in [3.8, 4) is 0 Å². The topological polar surface area (TPSA) is 78.9 Å². The molecule has 6 nitrogen and oxygen atoms in total. The maximum Gasteiger partial charge on any atom is 0.306 e. The lowest BCUT2D eigenvalue weighted by Gasteiger charge is -2.18. The van der Waals surface area contributed by atoms with Gasteiger partial charge in [0.2, 0.25) is 0 Å². The molecule has 0 aliphatic heterocycles. The monoisotopic (exact) mass is 1170 g/mol. The van der Waals surface area contributed by atoms with Crippen molar-refractivity contribution in [1.29, 1.82) is 0 Å². The Bertz CT molecular complexity index is 1380. The number of carbonyl (C=O) groups excluding carboxylic acids is 3. The van der Waals surface area contributed by atoms with E-state index in [4.69, 9.17) is 14.2 Å². The van der Waals surface area contributed by atoms with Crippen molar-refractivity contribution in [3.63, 3.8) is 0 Å². The molecule has 83 heavy (non-hydrogen) atoms. The Labute approximate surface area is 518 Å². The number of rotatable bonds is 70. The average molecular weight is 1170 g/mol. The van der Waals surface area contributed by atoms with Crippen LogP contribution in [0, 0.1) is 0 Å². The van der Waals surface area contributed by atoms with Crippen molar-refractivity contribution in [2.45, 2.75) is 425 Å². The number of hydrogen-bond donors (Lipinski definition) is 0. The molecule has 0 heterocycles. The molecule has 0 radical (unpaired) electrons. The minimum atomic E-state index is -0.769. The van der Waals surface area contributed by atoms with Crippen LogP contribution in [0.5, 0.6) is 0 Å². The standard InChI is InChI=1S/C77H144O6/c1-4-7-10-13-16-19-21-23-25-27-29-31-33-35-37-38-39-41-42-44-46-48-50-52-54-56-58-61-64-67-70-76(79)82-73-74(72-81-75(78)69-66-63-60-18-15-12-9-6-3)83-77(80)71-68-65-62-59-57-55-53-51-49-47-45-43-40-36-34-32-30-28-26-24-22-20-17-14-11-8-5-2/h22,24,28,30,34,36,74H,4-21,23,25-27,29,31-33,35,37-73H2,1-3H3/b24-22-,30-28-,36-34-. The fraction of sp³-hybridized carbons (Fsp3) is 0.883. The number of allylic oxidation sites excluding steroid dienone is 6. The van der Waals surface area contributed by atoms with Crippen LogP contribution in [0.3, 0.4) is 0 Å². The van der Waals surface area contributed by atoms with Gasteiger partial charge in [-0.25, -0.2) is 0 Å². The van der Waals surface area contributed by atoms with Crippen molar-refractivity contribution < 1.29 is 28.6 Å². The summed E-state index contributed by atoms with van der Waals surface area (Å²) in [6.45, 7) is 6.67.